The minimum absolute atomic E-state index is 0.0516. The minimum Gasteiger partial charge on any atom is -0.325 e. The highest BCUT2D eigenvalue weighted by atomic mass is 35.5. The molecule has 42 heavy (non-hydrogen) atoms. The van der Waals surface area contributed by atoms with E-state index in [0.29, 0.717) is 5.69 Å². The fourth-order valence-corrected chi connectivity index (χ4v) is 6.91. The summed E-state index contributed by atoms with van der Waals surface area (Å²) in [5.74, 6) is -0.368. The number of halogens is 2. The molecule has 0 spiro atoms. The molecule has 0 saturated carbocycles. The SMILES string of the molecule is Cc1ccc(S(=O)(=O)N(CC(=O)Nc2ccc(S(=O)(=O)Nc3cccc(Cl)c3Cl)cc2)c2ccc(C(C)C)cc2)cc1. The molecule has 12 heteroatoms. The highest BCUT2D eigenvalue weighted by Crippen LogP contribution is 2.31. The van der Waals surface area contributed by atoms with Crippen LogP contribution >= 0.6 is 23.2 Å². The molecular weight excluding hydrogens is 617 g/mol. The second-order valence-corrected chi connectivity index (χ2v) is 14.2. The van der Waals surface area contributed by atoms with Gasteiger partial charge in [-0.05, 0) is 79.1 Å². The summed E-state index contributed by atoms with van der Waals surface area (Å²) in [4.78, 5) is 13.1. The van der Waals surface area contributed by atoms with Gasteiger partial charge in [0.2, 0.25) is 5.91 Å². The lowest BCUT2D eigenvalue weighted by Gasteiger charge is -2.24. The van der Waals surface area contributed by atoms with Crippen LogP contribution in [0.4, 0.5) is 17.1 Å². The van der Waals surface area contributed by atoms with Crippen LogP contribution in [0.3, 0.4) is 0 Å². The maximum Gasteiger partial charge on any atom is 0.264 e. The number of sulfonamides is 2. The first-order valence-corrected chi connectivity index (χ1v) is 16.5. The molecule has 0 aliphatic heterocycles. The lowest BCUT2D eigenvalue weighted by molar-refractivity contribution is -0.114. The standard InChI is InChI=1S/C30H29Cl2N3O5S2/c1-20(2)22-9-13-24(14-10-22)35(42(39,40)26-15-7-21(3)8-16-26)19-29(36)33-23-11-17-25(18-12-23)41(37,38)34-28-6-4-5-27(31)30(28)32/h4-18,20,34H,19H2,1-3H3,(H,33,36). The Labute approximate surface area is 256 Å². The van der Waals surface area contributed by atoms with Crippen LogP contribution in [0.2, 0.25) is 10.0 Å². The van der Waals surface area contributed by atoms with Crippen molar-refractivity contribution in [3.63, 3.8) is 0 Å². The molecular formula is C30H29Cl2N3O5S2. The number of amides is 1. The van der Waals surface area contributed by atoms with Gasteiger partial charge >= 0.3 is 0 Å². The van der Waals surface area contributed by atoms with Crippen molar-refractivity contribution in [1.29, 1.82) is 0 Å². The third kappa shape index (κ3) is 7.25. The Kier molecular flexibility index (Phi) is 9.52. The molecule has 0 fully saturated rings. The first-order chi connectivity index (χ1) is 19.8. The van der Waals surface area contributed by atoms with Gasteiger partial charge < -0.3 is 5.32 Å². The van der Waals surface area contributed by atoms with Gasteiger partial charge in [0.05, 0.1) is 31.2 Å². The largest absolute Gasteiger partial charge is 0.325 e. The molecule has 0 bridgehead atoms. The summed E-state index contributed by atoms with van der Waals surface area (Å²) in [6.45, 7) is 5.40. The van der Waals surface area contributed by atoms with E-state index < -0.39 is 32.5 Å². The Morgan fingerprint density at radius 2 is 1.40 bits per heavy atom. The van der Waals surface area contributed by atoms with E-state index in [0.717, 1.165) is 15.4 Å². The van der Waals surface area contributed by atoms with Gasteiger partial charge in [0.15, 0.2) is 0 Å². The smallest absolute Gasteiger partial charge is 0.264 e. The Morgan fingerprint density at radius 3 is 2.00 bits per heavy atom. The maximum atomic E-state index is 13.7. The quantitative estimate of drug-likeness (QED) is 0.192. The number of hydrogen-bond acceptors (Lipinski definition) is 5. The Balaban J connectivity index is 1.55. The Bertz CT molecular complexity index is 1790. The normalized spacial score (nSPS) is 11.8. The van der Waals surface area contributed by atoms with Crippen molar-refractivity contribution in [2.45, 2.75) is 36.5 Å². The topological polar surface area (TPSA) is 113 Å². The second-order valence-electron chi connectivity index (χ2n) is 9.85. The number of nitrogens with zero attached hydrogens (tertiary/aromatic N) is 1. The summed E-state index contributed by atoms with van der Waals surface area (Å²) < 4.78 is 56.5. The average Bonchev–Trinajstić information content (AvgIpc) is 2.94. The molecule has 0 unspecified atom stereocenters. The average molecular weight is 647 g/mol. The van der Waals surface area contributed by atoms with Gasteiger partial charge in [0.1, 0.15) is 6.54 Å². The van der Waals surface area contributed by atoms with Gasteiger partial charge in [-0.2, -0.15) is 0 Å². The van der Waals surface area contributed by atoms with E-state index in [1.54, 1.807) is 30.3 Å². The molecule has 4 aromatic carbocycles. The van der Waals surface area contributed by atoms with Crippen LogP contribution in [0.5, 0.6) is 0 Å². The molecule has 0 aliphatic rings. The lowest BCUT2D eigenvalue weighted by Crippen LogP contribution is -2.38. The van der Waals surface area contributed by atoms with Gasteiger partial charge in [-0.3, -0.25) is 13.8 Å². The number of hydrogen-bond donors (Lipinski definition) is 2. The van der Waals surface area contributed by atoms with Crippen LogP contribution in [0.25, 0.3) is 0 Å². The van der Waals surface area contributed by atoms with Gasteiger partial charge in [-0.25, -0.2) is 16.8 Å². The zero-order valence-corrected chi connectivity index (χ0v) is 26.2. The van der Waals surface area contributed by atoms with Gasteiger partial charge in [-0.15, -0.1) is 0 Å². The van der Waals surface area contributed by atoms with Crippen molar-refractivity contribution in [3.8, 4) is 0 Å². The van der Waals surface area contributed by atoms with Crippen molar-refractivity contribution < 1.29 is 21.6 Å². The van der Waals surface area contributed by atoms with Crippen molar-refractivity contribution in [3.05, 3.63) is 112 Å². The van der Waals surface area contributed by atoms with Crippen molar-refractivity contribution >= 4 is 66.2 Å². The molecule has 4 rings (SSSR count). The summed E-state index contributed by atoms with van der Waals surface area (Å²) in [5, 5.41) is 2.91. The zero-order chi connectivity index (χ0) is 30.7. The first-order valence-electron chi connectivity index (χ1n) is 12.8. The summed E-state index contributed by atoms with van der Waals surface area (Å²) in [7, 11) is -8.10. The predicted octanol–water partition coefficient (Wildman–Crippen LogP) is 7.06. The molecule has 8 nitrogen and oxygen atoms in total. The number of rotatable bonds is 10. The van der Waals surface area contributed by atoms with Crippen LogP contribution in [0.1, 0.15) is 30.9 Å². The van der Waals surface area contributed by atoms with E-state index in [4.69, 9.17) is 23.2 Å². The molecule has 2 N–H and O–H groups in total. The first kappa shape index (κ1) is 31.4. The summed E-state index contributed by atoms with van der Waals surface area (Å²) in [6.07, 6.45) is 0. The molecule has 0 atom stereocenters. The second kappa shape index (κ2) is 12.7. The van der Waals surface area contributed by atoms with Crippen LogP contribution in [-0.2, 0) is 24.8 Å². The van der Waals surface area contributed by atoms with Crippen LogP contribution in [0.15, 0.2) is 101 Å². The molecule has 0 heterocycles. The zero-order valence-electron chi connectivity index (χ0n) is 23.0. The van der Waals surface area contributed by atoms with E-state index >= 15 is 0 Å². The van der Waals surface area contributed by atoms with Gasteiger partial charge in [0, 0.05) is 5.69 Å². The molecule has 0 aliphatic carbocycles. The minimum atomic E-state index is -4.09. The number of nitrogens with one attached hydrogen (secondary N) is 2. The lowest BCUT2D eigenvalue weighted by atomic mass is 10.0. The summed E-state index contributed by atoms with van der Waals surface area (Å²) >= 11 is 12.1. The molecule has 0 radical (unpaired) electrons. The highest BCUT2D eigenvalue weighted by molar-refractivity contribution is 7.93. The number of aryl methyl sites for hydroxylation is 1. The maximum absolute atomic E-state index is 13.7. The monoisotopic (exact) mass is 645 g/mol. The third-order valence-electron chi connectivity index (χ3n) is 6.39. The Morgan fingerprint density at radius 1 is 0.810 bits per heavy atom. The molecule has 0 aromatic heterocycles. The van der Waals surface area contributed by atoms with Crippen molar-refractivity contribution in [2.24, 2.45) is 0 Å². The number of benzene rings is 4. The van der Waals surface area contributed by atoms with Gasteiger partial charge in [-0.1, -0.05) is 72.9 Å². The fraction of sp³-hybridized carbons (Fsp3) is 0.167. The number of carbonyl (C=O) groups excluding carboxylic acids is 1. The van der Waals surface area contributed by atoms with Crippen molar-refractivity contribution in [1.82, 2.24) is 0 Å². The number of anilines is 3. The Hall–Kier alpha value is -3.57. The fourth-order valence-electron chi connectivity index (χ4n) is 4.01. The van der Waals surface area contributed by atoms with Crippen LogP contribution in [-0.4, -0.2) is 29.3 Å². The third-order valence-corrected chi connectivity index (χ3v) is 10.4. The summed E-state index contributed by atoms with van der Waals surface area (Å²) in [5.41, 5.74) is 2.66. The van der Waals surface area contributed by atoms with Gasteiger partial charge in [0.25, 0.3) is 20.0 Å². The predicted molar refractivity (Wildman–Crippen MR) is 169 cm³/mol. The van der Waals surface area contributed by atoms with Crippen LogP contribution < -0.4 is 14.3 Å². The molecule has 0 saturated heterocycles. The highest BCUT2D eigenvalue weighted by Gasteiger charge is 2.27. The number of carbonyl (C=O) groups is 1. The van der Waals surface area contributed by atoms with E-state index in [9.17, 15) is 21.6 Å². The van der Waals surface area contributed by atoms with Crippen LogP contribution in [0, 0.1) is 6.92 Å². The molecule has 1 amide bonds. The van der Waals surface area contributed by atoms with E-state index in [-0.39, 0.29) is 37.1 Å². The van der Waals surface area contributed by atoms with E-state index in [1.165, 1.54) is 48.5 Å². The van der Waals surface area contributed by atoms with Crippen molar-refractivity contribution in [2.75, 3.05) is 20.9 Å². The molecule has 4 aromatic rings. The summed E-state index contributed by atoms with van der Waals surface area (Å²) in [6, 6.07) is 23.4. The van der Waals surface area contributed by atoms with E-state index in [1.807, 2.05) is 32.9 Å². The van der Waals surface area contributed by atoms with E-state index in [2.05, 4.69) is 10.0 Å². The molecule has 220 valence electrons.